The molecule has 0 unspecified atom stereocenters. The van der Waals surface area contributed by atoms with E-state index in [1.54, 1.807) is 4.90 Å². The molecule has 0 atom stereocenters. The average Bonchev–Trinajstić information content (AvgIpc) is 2.60. The maximum absolute atomic E-state index is 12.0. The summed E-state index contributed by atoms with van der Waals surface area (Å²) >= 11 is 1.53. The Balaban J connectivity index is 2.12. The maximum Gasteiger partial charge on any atom is 0.410 e. The van der Waals surface area contributed by atoms with Crippen molar-refractivity contribution in [1.82, 2.24) is 4.90 Å². The van der Waals surface area contributed by atoms with Gasteiger partial charge in [0.25, 0.3) is 0 Å². The highest BCUT2D eigenvalue weighted by Crippen LogP contribution is 2.35. The number of nitrogens with zero attached hydrogens (tertiary/aromatic N) is 1. The molecule has 2 rings (SSSR count). The Kier molecular flexibility index (Phi) is 3.73. The molecule has 4 N–H and O–H groups in total. The lowest BCUT2D eigenvalue weighted by Crippen LogP contribution is -2.39. The van der Waals surface area contributed by atoms with Gasteiger partial charge in [0, 0.05) is 23.5 Å². The molecule has 1 aromatic rings. The minimum atomic E-state index is -0.464. The van der Waals surface area contributed by atoms with Gasteiger partial charge in [-0.15, -0.1) is 11.3 Å². The summed E-state index contributed by atoms with van der Waals surface area (Å²) in [6.07, 6.45) is 0.536. The molecule has 1 amide bonds. The third kappa shape index (κ3) is 3.01. The van der Waals surface area contributed by atoms with E-state index in [0.29, 0.717) is 19.6 Å². The van der Waals surface area contributed by atoms with Crippen LogP contribution in [0.1, 0.15) is 36.8 Å². The molecule has 0 fully saturated rings. The number of hydrogen-bond donors (Lipinski definition) is 2. The van der Waals surface area contributed by atoms with Gasteiger partial charge < -0.3 is 21.1 Å². The minimum absolute atomic E-state index is 0.264. The molecule has 1 aliphatic rings. The molecule has 0 bridgehead atoms. The lowest BCUT2D eigenvalue weighted by atomic mass is 10.0. The highest BCUT2D eigenvalue weighted by Gasteiger charge is 2.28. The fraction of sp³-hybridized carbons (Fsp3) is 0.615. The average molecular weight is 283 g/mol. The van der Waals surface area contributed by atoms with Gasteiger partial charge in [-0.25, -0.2) is 4.79 Å². The first kappa shape index (κ1) is 14.1. The molecule has 1 aliphatic heterocycles. The van der Waals surface area contributed by atoms with Crippen LogP contribution in [0.15, 0.2) is 0 Å². The molecule has 106 valence electrons. The van der Waals surface area contributed by atoms with Gasteiger partial charge >= 0.3 is 6.09 Å². The Morgan fingerprint density at radius 1 is 1.47 bits per heavy atom. The Hall–Kier alpha value is -1.27. The van der Waals surface area contributed by atoms with Gasteiger partial charge in [0.2, 0.25) is 0 Å². The predicted octanol–water partition coefficient (Wildman–Crippen LogP) is 2.08. The van der Waals surface area contributed by atoms with Gasteiger partial charge in [0.1, 0.15) is 5.60 Å². The lowest BCUT2D eigenvalue weighted by Gasteiger charge is -2.30. The van der Waals surface area contributed by atoms with Crippen LogP contribution in [0, 0.1) is 0 Å². The molecular weight excluding hydrogens is 262 g/mol. The molecule has 0 aromatic carbocycles. The summed E-state index contributed by atoms with van der Waals surface area (Å²) in [5, 5.41) is 0.776. The number of rotatable bonds is 1. The van der Waals surface area contributed by atoms with Gasteiger partial charge in [-0.1, -0.05) is 0 Å². The first-order chi connectivity index (χ1) is 8.81. The zero-order valence-corrected chi connectivity index (χ0v) is 12.5. The zero-order chi connectivity index (χ0) is 14.2. The van der Waals surface area contributed by atoms with Crippen molar-refractivity contribution in [2.75, 3.05) is 12.3 Å². The minimum Gasteiger partial charge on any atom is -0.444 e. The number of nitrogens with two attached hydrogens (primary N) is 2. The Bertz CT molecular complexity index is 491. The number of fused-ring (bicyclic) bond motifs is 1. The number of carbonyl (C=O) groups is 1. The number of amides is 1. The van der Waals surface area contributed by atoms with E-state index in [4.69, 9.17) is 16.2 Å². The van der Waals surface area contributed by atoms with Crippen LogP contribution in [-0.2, 0) is 24.2 Å². The number of ether oxygens (including phenoxy) is 1. The van der Waals surface area contributed by atoms with Crippen LogP contribution in [0.3, 0.4) is 0 Å². The summed E-state index contributed by atoms with van der Waals surface area (Å²) in [5.74, 6) is 0. The van der Waals surface area contributed by atoms with Crippen molar-refractivity contribution in [3.05, 3.63) is 16.0 Å². The van der Waals surface area contributed by atoms with E-state index in [1.807, 2.05) is 20.8 Å². The van der Waals surface area contributed by atoms with Crippen molar-refractivity contribution in [3.8, 4) is 0 Å². The largest absolute Gasteiger partial charge is 0.444 e. The molecule has 0 saturated carbocycles. The normalized spacial score (nSPS) is 15.3. The molecular formula is C13H21N3O2S. The Morgan fingerprint density at radius 3 is 2.74 bits per heavy atom. The van der Waals surface area contributed by atoms with E-state index in [1.165, 1.54) is 16.9 Å². The summed E-state index contributed by atoms with van der Waals surface area (Å²) in [4.78, 5) is 14.9. The van der Waals surface area contributed by atoms with Gasteiger partial charge in [-0.05, 0) is 32.8 Å². The highest BCUT2D eigenvalue weighted by atomic mass is 32.1. The number of anilines is 1. The van der Waals surface area contributed by atoms with Crippen LogP contribution in [0.25, 0.3) is 0 Å². The van der Waals surface area contributed by atoms with Gasteiger partial charge in [-0.2, -0.15) is 0 Å². The van der Waals surface area contributed by atoms with E-state index in [0.717, 1.165) is 21.9 Å². The van der Waals surface area contributed by atoms with E-state index in [-0.39, 0.29) is 6.09 Å². The highest BCUT2D eigenvalue weighted by molar-refractivity contribution is 7.16. The molecule has 1 aromatic heterocycles. The summed E-state index contributed by atoms with van der Waals surface area (Å²) in [6.45, 7) is 7.30. The molecule has 5 nitrogen and oxygen atoms in total. The fourth-order valence-corrected chi connectivity index (χ4v) is 3.36. The van der Waals surface area contributed by atoms with Crippen molar-refractivity contribution < 1.29 is 9.53 Å². The van der Waals surface area contributed by atoms with Crippen molar-refractivity contribution in [2.24, 2.45) is 5.73 Å². The SMILES string of the molecule is CC(C)(C)OC(=O)N1CCc2c(sc(N)c2CN)C1. The first-order valence-corrected chi connectivity index (χ1v) is 7.20. The van der Waals surface area contributed by atoms with Crippen molar-refractivity contribution in [1.29, 1.82) is 0 Å². The van der Waals surface area contributed by atoms with Crippen LogP contribution in [0.5, 0.6) is 0 Å². The second-order valence-corrected chi connectivity index (χ2v) is 6.84. The van der Waals surface area contributed by atoms with E-state index >= 15 is 0 Å². The standard InChI is InChI=1S/C13H21N3O2S/c1-13(2,3)18-12(17)16-5-4-8-9(6-14)11(15)19-10(8)7-16/h4-7,14-15H2,1-3H3. The molecule has 0 saturated heterocycles. The second kappa shape index (κ2) is 5.02. The summed E-state index contributed by atoms with van der Waals surface area (Å²) < 4.78 is 5.39. The molecule has 19 heavy (non-hydrogen) atoms. The van der Waals surface area contributed by atoms with Crippen molar-refractivity contribution >= 4 is 22.4 Å². The second-order valence-electron chi connectivity index (χ2n) is 5.70. The third-order valence-corrected chi connectivity index (χ3v) is 4.14. The van der Waals surface area contributed by atoms with Crippen molar-refractivity contribution in [3.63, 3.8) is 0 Å². The quantitative estimate of drug-likeness (QED) is 0.826. The number of nitrogen functional groups attached to an aromatic ring is 1. The van der Waals surface area contributed by atoms with Crippen LogP contribution in [-0.4, -0.2) is 23.1 Å². The molecule has 2 heterocycles. The first-order valence-electron chi connectivity index (χ1n) is 6.38. The van der Waals surface area contributed by atoms with Gasteiger partial charge in [-0.3, -0.25) is 0 Å². The molecule has 6 heteroatoms. The van der Waals surface area contributed by atoms with E-state index < -0.39 is 5.60 Å². The predicted molar refractivity (Wildman–Crippen MR) is 77.0 cm³/mol. The van der Waals surface area contributed by atoms with Crippen LogP contribution < -0.4 is 11.5 Å². The lowest BCUT2D eigenvalue weighted by molar-refractivity contribution is 0.0226. The van der Waals surface area contributed by atoms with Crippen LogP contribution in [0.4, 0.5) is 9.80 Å². The topological polar surface area (TPSA) is 81.6 Å². The number of carbonyl (C=O) groups excluding carboxylic acids is 1. The van der Waals surface area contributed by atoms with E-state index in [2.05, 4.69) is 0 Å². The van der Waals surface area contributed by atoms with Crippen molar-refractivity contribution in [2.45, 2.75) is 45.9 Å². The third-order valence-electron chi connectivity index (χ3n) is 3.05. The Morgan fingerprint density at radius 2 is 2.16 bits per heavy atom. The van der Waals surface area contributed by atoms with Crippen LogP contribution in [0.2, 0.25) is 0 Å². The zero-order valence-electron chi connectivity index (χ0n) is 11.7. The Labute approximate surface area is 117 Å². The number of thiophene rings is 1. The van der Waals surface area contributed by atoms with Gasteiger partial charge in [0.05, 0.1) is 11.5 Å². The molecule has 0 radical (unpaired) electrons. The van der Waals surface area contributed by atoms with Gasteiger partial charge in [0.15, 0.2) is 0 Å². The monoisotopic (exact) mass is 283 g/mol. The summed E-state index contributed by atoms with van der Waals surface area (Å²) in [5.41, 5.74) is 13.5. The number of hydrogen-bond acceptors (Lipinski definition) is 5. The summed E-state index contributed by atoms with van der Waals surface area (Å²) in [7, 11) is 0. The molecule has 0 spiro atoms. The van der Waals surface area contributed by atoms with E-state index in [9.17, 15) is 4.79 Å². The summed E-state index contributed by atoms with van der Waals surface area (Å²) in [6, 6.07) is 0. The maximum atomic E-state index is 12.0. The molecule has 0 aliphatic carbocycles. The fourth-order valence-electron chi connectivity index (χ4n) is 2.20. The smallest absolute Gasteiger partial charge is 0.410 e. The van der Waals surface area contributed by atoms with Crippen LogP contribution >= 0.6 is 11.3 Å².